The number of piperazine rings is 1. The van der Waals surface area contributed by atoms with Crippen LogP contribution in [0.4, 0.5) is 0 Å². The van der Waals surface area contributed by atoms with Gasteiger partial charge in [0.15, 0.2) is 0 Å². The van der Waals surface area contributed by atoms with Gasteiger partial charge in [-0.05, 0) is 25.7 Å². The minimum Gasteiger partial charge on any atom is -0.381 e. The SMILES string of the molecule is C1CCC2(C1)CN(C1CCOCC1)CCN2. The van der Waals surface area contributed by atoms with Crippen molar-refractivity contribution in [2.75, 3.05) is 32.8 Å². The third-order valence-corrected chi connectivity index (χ3v) is 4.67. The summed E-state index contributed by atoms with van der Waals surface area (Å²) < 4.78 is 5.47. The Morgan fingerprint density at radius 3 is 2.62 bits per heavy atom. The molecular weight excluding hydrogens is 200 g/mol. The van der Waals surface area contributed by atoms with Crippen LogP contribution in [0.15, 0.2) is 0 Å². The third-order valence-electron chi connectivity index (χ3n) is 4.67. The van der Waals surface area contributed by atoms with Crippen molar-refractivity contribution in [1.29, 1.82) is 0 Å². The van der Waals surface area contributed by atoms with Crippen LogP contribution in [0.2, 0.25) is 0 Å². The van der Waals surface area contributed by atoms with E-state index in [9.17, 15) is 0 Å². The van der Waals surface area contributed by atoms with Crippen LogP contribution in [-0.2, 0) is 4.74 Å². The highest BCUT2D eigenvalue weighted by atomic mass is 16.5. The summed E-state index contributed by atoms with van der Waals surface area (Å²) in [5.74, 6) is 0. The van der Waals surface area contributed by atoms with Crippen molar-refractivity contribution >= 4 is 0 Å². The fourth-order valence-corrected chi connectivity index (χ4v) is 3.74. The van der Waals surface area contributed by atoms with Gasteiger partial charge in [-0.15, -0.1) is 0 Å². The largest absolute Gasteiger partial charge is 0.381 e. The average molecular weight is 224 g/mol. The lowest BCUT2D eigenvalue weighted by Gasteiger charge is -2.45. The van der Waals surface area contributed by atoms with Gasteiger partial charge < -0.3 is 10.1 Å². The molecule has 92 valence electrons. The Bertz CT molecular complexity index is 232. The van der Waals surface area contributed by atoms with Gasteiger partial charge in [-0.2, -0.15) is 0 Å². The second-order valence-electron chi connectivity index (χ2n) is 5.73. The van der Waals surface area contributed by atoms with Gasteiger partial charge in [0.25, 0.3) is 0 Å². The quantitative estimate of drug-likeness (QED) is 0.728. The Hall–Kier alpha value is -0.120. The van der Waals surface area contributed by atoms with Crippen molar-refractivity contribution < 1.29 is 4.74 Å². The Kier molecular flexibility index (Phi) is 3.18. The molecule has 1 N–H and O–H groups in total. The van der Waals surface area contributed by atoms with Gasteiger partial charge in [0.05, 0.1) is 0 Å². The van der Waals surface area contributed by atoms with E-state index in [0.29, 0.717) is 5.54 Å². The monoisotopic (exact) mass is 224 g/mol. The molecule has 2 heterocycles. The summed E-state index contributed by atoms with van der Waals surface area (Å²) in [5, 5.41) is 3.79. The van der Waals surface area contributed by atoms with Crippen LogP contribution in [0.3, 0.4) is 0 Å². The second-order valence-corrected chi connectivity index (χ2v) is 5.73. The lowest BCUT2D eigenvalue weighted by atomic mass is 9.92. The second kappa shape index (κ2) is 4.63. The van der Waals surface area contributed by atoms with E-state index in [1.54, 1.807) is 0 Å². The van der Waals surface area contributed by atoms with E-state index in [-0.39, 0.29) is 0 Å². The number of rotatable bonds is 1. The zero-order valence-electron chi connectivity index (χ0n) is 10.2. The van der Waals surface area contributed by atoms with E-state index in [0.717, 1.165) is 19.3 Å². The average Bonchev–Trinajstić information content (AvgIpc) is 2.78. The number of hydrogen-bond donors (Lipinski definition) is 1. The summed E-state index contributed by atoms with van der Waals surface area (Å²) in [6, 6.07) is 0.799. The predicted octanol–water partition coefficient (Wildman–Crippen LogP) is 1.38. The van der Waals surface area contributed by atoms with Gasteiger partial charge in [0.1, 0.15) is 0 Å². The Morgan fingerprint density at radius 1 is 1.12 bits per heavy atom. The molecule has 0 amide bonds. The van der Waals surface area contributed by atoms with Gasteiger partial charge in [-0.3, -0.25) is 4.90 Å². The Morgan fingerprint density at radius 2 is 1.88 bits per heavy atom. The molecule has 0 aromatic heterocycles. The van der Waals surface area contributed by atoms with Crippen molar-refractivity contribution in [2.45, 2.75) is 50.1 Å². The van der Waals surface area contributed by atoms with Gasteiger partial charge >= 0.3 is 0 Å². The summed E-state index contributed by atoms with van der Waals surface area (Å²) >= 11 is 0. The molecule has 3 aliphatic rings. The van der Waals surface area contributed by atoms with Crippen LogP contribution in [-0.4, -0.2) is 49.3 Å². The predicted molar refractivity (Wildman–Crippen MR) is 64.6 cm³/mol. The van der Waals surface area contributed by atoms with E-state index < -0.39 is 0 Å². The maximum atomic E-state index is 5.47. The third kappa shape index (κ3) is 2.13. The van der Waals surface area contributed by atoms with Gasteiger partial charge in [-0.25, -0.2) is 0 Å². The molecule has 0 radical (unpaired) electrons. The smallest absolute Gasteiger partial charge is 0.0480 e. The minimum absolute atomic E-state index is 0.483. The molecular formula is C13H24N2O. The lowest BCUT2D eigenvalue weighted by molar-refractivity contribution is 0.0106. The van der Waals surface area contributed by atoms with Crippen LogP contribution in [0.1, 0.15) is 38.5 Å². The molecule has 1 aliphatic carbocycles. The topological polar surface area (TPSA) is 24.5 Å². The summed E-state index contributed by atoms with van der Waals surface area (Å²) in [7, 11) is 0. The Balaban J connectivity index is 1.62. The number of nitrogens with one attached hydrogen (secondary N) is 1. The zero-order chi connectivity index (χ0) is 10.8. The highest BCUT2D eigenvalue weighted by Gasteiger charge is 2.39. The Labute approximate surface area is 98.5 Å². The molecule has 0 atom stereocenters. The first-order chi connectivity index (χ1) is 7.88. The molecule has 2 aliphatic heterocycles. The maximum absolute atomic E-state index is 5.47. The summed E-state index contributed by atoms with van der Waals surface area (Å²) in [5.41, 5.74) is 0.483. The van der Waals surface area contributed by atoms with Gasteiger partial charge in [-0.1, -0.05) is 12.8 Å². The van der Waals surface area contributed by atoms with Crippen LogP contribution >= 0.6 is 0 Å². The summed E-state index contributed by atoms with van der Waals surface area (Å²) in [4.78, 5) is 2.74. The molecule has 0 unspecified atom stereocenters. The van der Waals surface area contributed by atoms with Crippen molar-refractivity contribution in [3.63, 3.8) is 0 Å². The molecule has 3 fully saturated rings. The van der Waals surface area contributed by atoms with Crippen molar-refractivity contribution in [2.24, 2.45) is 0 Å². The molecule has 3 rings (SSSR count). The normalized spacial score (nSPS) is 32.2. The van der Waals surface area contributed by atoms with Crippen LogP contribution in [0.5, 0.6) is 0 Å². The number of nitrogens with zero attached hydrogens (tertiary/aromatic N) is 1. The van der Waals surface area contributed by atoms with E-state index in [2.05, 4.69) is 10.2 Å². The molecule has 0 bridgehead atoms. The molecule has 1 spiro atoms. The highest BCUT2D eigenvalue weighted by molar-refractivity contribution is 4.99. The first-order valence-corrected chi connectivity index (χ1v) is 6.95. The standard InChI is InChI=1S/C13H24N2O/c1-2-6-13(5-1)11-15(8-7-14-13)12-3-9-16-10-4-12/h12,14H,1-11H2. The van der Waals surface area contributed by atoms with E-state index in [1.165, 1.54) is 58.2 Å². The van der Waals surface area contributed by atoms with Crippen LogP contribution in [0, 0.1) is 0 Å². The first-order valence-electron chi connectivity index (χ1n) is 6.95. The highest BCUT2D eigenvalue weighted by Crippen LogP contribution is 2.33. The summed E-state index contributed by atoms with van der Waals surface area (Å²) in [6.45, 7) is 5.67. The van der Waals surface area contributed by atoms with Crippen LogP contribution in [0.25, 0.3) is 0 Å². The van der Waals surface area contributed by atoms with E-state index in [1.807, 2.05) is 0 Å². The van der Waals surface area contributed by atoms with E-state index in [4.69, 9.17) is 4.74 Å². The summed E-state index contributed by atoms with van der Waals surface area (Å²) in [6.07, 6.45) is 8.13. The number of ether oxygens (including phenoxy) is 1. The molecule has 3 heteroatoms. The molecule has 1 saturated carbocycles. The fourth-order valence-electron chi connectivity index (χ4n) is 3.74. The van der Waals surface area contributed by atoms with E-state index >= 15 is 0 Å². The lowest BCUT2D eigenvalue weighted by Crippen LogP contribution is -2.61. The molecule has 16 heavy (non-hydrogen) atoms. The molecule has 2 saturated heterocycles. The van der Waals surface area contributed by atoms with Gasteiger partial charge in [0.2, 0.25) is 0 Å². The van der Waals surface area contributed by atoms with Crippen molar-refractivity contribution in [3.8, 4) is 0 Å². The maximum Gasteiger partial charge on any atom is 0.0480 e. The molecule has 0 aromatic carbocycles. The van der Waals surface area contributed by atoms with Gasteiger partial charge in [0, 0.05) is 44.4 Å². The number of hydrogen-bond acceptors (Lipinski definition) is 3. The minimum atomic E-state index is 0.483. The zero-order valence-corrected chi connectivity index (χ0v) is 10.2. The molecule has 3 nitrogen and oxygen atoms in total. The van der Waals surface area contributed by atoms with Crippen molar-refractivity contribution in [3.05, 3.63) is 0 Å². The molecule has 0 aromatic rings. The van der Waals surface area contributed by atoms with Crippen LogP contribution < -0.4 is 5.32 Å². The first kappa shape index (κ1) is 11.0. The fraction of sp³-hybridized carbons (Fsp3) is 1.00. The van der Waals surface area contributed by atoms with Crippen molar-refractivity contribution in [1.82, 2.24) is 10.2 Å².